The maximum Gasteiger partial charge on any atom is 0.306 e. The number of hydrogen-bond donors (Lipinski definition) is 0. The second-order valence-corrected chi connectivity index (χ2v) is 17.1. The molecule has 0 aromatic rings. The lowest BCUT2D eigenvalue weighted by atomic mass is 10.0. The minimum Gasteiger partial charge on any atom is -0.462 e. The van der Waals surface area contributed by atoms with Gasteiger partial charge in [-0.3, -0.25) is 14.4 Å². The van der Waals surface area contributed by atoms with Gasteiger partial charge in [-0.1, -0.05) is 211 Å². The second kappa shape index (κ2) is 49.0. The van der Waals surface area contributed by atoms with Crippen LogP contribution in [0.2, 0.25) is 0 Å². The minimum absolute atomic E-state index is 0.0800. The predicted molar refractivity (Wildman–Crippen MR) is 256 cm³/mol. The van der Waals surface area contributed by atoms with Gasteiger partial charge in [0.25, 0.3) is 0 Å². The molecule has 60 heavy (non-hydrogen) atoms. The van der Waals surface area contributed by atoms with Crippen molar-refractivity contribution in [2.75, 3.05) is 13.2 Å². The Hall–Kier alpha value is -2.63. The first-order valence-corrected chi connectivity index (χ1v) is 25.6. The number of unbranched alkanes of at least 4 members (excludes halogenated alkanes) is 27. The normalized spacial score (nSPS) is 12.4. The molecule has 0 heterocycles. The fourth-order valence-corrected chi connectivity index (χ4v) is 7.14. The van der Waals surface area contributed by atoms with Crippen molar-refractivity contribution in [3.8, 4) is 0 Å². The summed E-state index contributed by atoms with van der Waals surface area (Å²) in [4.78, 5) is 37.9. The van der Waals surface area contributed by atoms with E-state index in [1.54, 1.807) is 0 Å². The monoisotopic (exact) mass is 841 g/mol. The van der Waals surface area contributed by atoms with Gasteiger partial charge in [0.15, 0.2) is 6.10 Å². The number of carbonyl (C=O) groups is 3. The van der Waals surface area contributed by atoms with Crippen molar-refractivity contribution in [3.05, 3.63) is 48.6 Å². The van der Waals surface area contributed by atoms with Gasteiger partial charge in [-0.05, 0) is 77.0 Å². The van der Waals surface area contributed by atoms with Gasteiger partial charge in [0, 0.05) is 19.3 Å². The van der Waals surface area contributed by atoms with Gasteiger partial charge in [-0.25, -0.2) is 0 Å². The molecule has 0 N–H and O–H groups in total. The van der Waals surface area contributed by atoms with Crippen molar-refractivity contribution in [2.24, 2.45) is 0 Å². The summed E-state index contributed by atoms with van der Waals surface area (Å²) in [7, 11) is 0. The van der Waals surface area contributed by atoms with E-state index < -0.39 is 6.10 Å². The lowest BCUT2D eigenvalue weighted by molar-refractivity contribution is -0.167. The molecule has 1 atom stereocenters. The zero-order chi connectivity index (χ0) is 43.7. The summed E-state index contributed by atoms with van der Waals surface area (Å²) >= 11 is 0. The predicted octanol–water partition coefficient (Wildman–Crippen LogP) is 16.7. The first kappa shape index (κ1) is 57.4. The number of rotatable bonds is 46. The first-order chi connectivity index (χ1) is 29.5. The van der Waals surface area contributed by atoms with Gasteiger partial charge in [0.2, 0.25) is 0 Å². The maximum atomic E-state index is 12.8. The van der Waals surface area contributed by atoms with E-state index in [2.05, 4.69) is 69.4 Å². The van der Waals surface area contributed by atoms with Crippen LogP contribution in [0, 0.1) is 0 Å². The third-order valence-electron chi connectivity index (χ3n) is 11.1. The Kier molecular flexibility index (Phi) is 46.9. The van der Waals surface area contributed by atoms with Gasteiger partial charge in [-0.15, -0.1) is 0 Å². The van der Waals surface area contributed by atoms with Crippen molar-refractivity contribution in [3.63, 3.8) is 0 Å². The largest absolute Gasteiger partial charge is 0.462 e. The summed E-state index contributed by atoms with van der Waals surface area (Å²) in [6.07, 6.45) is 58.0. The fraction of sp³-hybridized carbons (Fsp3) is 0.796. The van der Waals surface area contributed by atoms with Crippen LogP contribution in [0.1, 0.15) is 258 Å². The molecule has 348 valence electrons. The summed E-state index contributed by atoms with van der Waals surface area (Å²) in [6, 6.07) is 0. The minimum atomic E-state index is -0.777. The molecule has 6 nitrogen and oxygen atoms in total. The third kappa shape index (κ3) is 46.4. The lowest BCUT2D eigenvalue weighted by Gasteiger charge is -2.18. The molecule has 0 fully saturated rings. The van der Waals surface area contributed by atoms with Gasteiger partial charge in [-0.2, -0.15) is 0 Å². The van der Waals surface area contributed by atoms with Gasteiger partial charge in [0.1, 0.15) is 13.2 Å². The average Bonchev–Trinajstić information content (AvgIpc) is 3.24. The van der Waals surface area contributed by atoms with Crippen LogP contribution in [0.25, 0.3) is 0 Å². The molecular weight excluding hydrogens is 745 g/mol. The molecule has 0 bridgehead atoms. The van der Waals surface area contributed by atoms with Crippen LogP contribution >= 0.6 is 0 Å². The topological polar surface area (TPSA) is 78.9 Å². The molecule has 0 spiro atoms. The molecular formula is C54H96O6. The van der Waals surface area contributed by atoms with Crippen molar-refractivity contribution < 1.29 is 28.6 Å². The molecule has 0 aromatic carbocycles. The van der Waals surface area contributed by atoms with E-state index >= 15 is 0 Å². The summed E-state index contributed by atoms with van der Waals surface area (Å²) in [5, 5.41) is 0. The molecule has 0 rings (SSSR count). The van der Waals surface area contributed by atoms with Crippen molar-refractivity contribution in [2.45, 2.75) is 264 Å². The van der Waals surface area contributed by atoms with Crippen molar-refractivity contribution >= 4 is 17.9 Å². The second-order valence-electron chi connectivity index (χ2n) is 17.1. The van der Waals surface area contributed by atoms with E-state index in [1.165, 1.54) is 135 Å². The van der Waals surface area contributed by atoms with Crippen LogP contribution in [0.3, 0.4) is 0 Å². The highest BCUT2D eigenvalue weighted by molar-refractivity contribution is 5.71. The van der Waals surface area contributed by atoms with Crippen LogP contribution in [-0.2, 0) is 28.6 Å². The summed E-state index contributed by atoms with van der Waals surface area (Å²) in [5.74, 6) is -0.896. The number of ether oxygens (including phenoxy) is 3. The molecule has 0 radical (unpaired) electrons. The Morgan fingerprint density at radius 3 is 1.03 bits per heavy atom. The highest BCUT2D eigenvalue weighted by Gasteiger charge is 2.19. The molecule has 0 aliphatic rings. The Labute approximate surface area is 371 Å². The lowest BCUT2D eigenvalue weighted by Crippen LogP contribution is -2.30. The Balaban J connectivity index is 4.34. The average molecular weight is 841 g/mol. The van der Waals surface area contributed by atoms with Gasteiger partial charge >= 0.3 is 17.9 Å². The summed E-state index contributed by atoms with van der Waals surface area (Å²) in [5.41, 5.74) is 0. The molecule has 0 aliphatic carbocycles. The highest BCUT2D eigenvalue weighted by atomic mass is 16.6. The molecule has 0 aromatic heterocycles. The molecule has 0 saturated carbocycles. The molecule has 0 aliphatic heterocycles. The summed E-state index contributed by atoms with van der Waals surface area (Å²) < 4.78 is 16.8. The number of hydrogen-bond acceptors (Lipinski definition) is 6. The van der Waals surface area contributed by atoms with E-state index in [-0.39, 0.29) is 31.1 Å². The fourth-order valence-electron chi connectivity index (χ4n) is 7.14. The third-order valence-corrected chi connectivity index (χ3v) is 11.1. The van der Waals surface area contributed by atoms with Gasteiger partial charge < -0.3 is 14.2 Å². The van der Waals surface area contributed by atoms with E-state index in [0.717, 1.165) is 83.5 Å². The van der Waals surface area contributed by atoms with Crippen LogP contribution in [0.5, 0.6) is 0 Å². The van der Waals surface area contributed by atoms with Crippen LogP contribution in [0.4, 0.5) is 0 Å². The SMILES string of the molecule is CCCC/C=C\CCCCCCCC(=O)OCC(COC(=O)CCCCCCCC/C=C\C/C=C\C/C=C\CCCCC)OC(=O)CCCCCCCCCCCCCC. The van der Waals surface area contributed by atoms with Crippen LogP contribution < -0.4 is 0 Å². The summed E-state index contributed by atoms with van der Waals surface area (Å²) in [6.45, 7) is 6.56. The smallest absolute Gasteiger partial charge is 0.306 e. The van der Waals surface area contributed by atoms with Crippen molar-refractivity contribution in [1.82, 2.24) is 0 Å². The molecule has 0 amide bonds. The standard InChI is InChI=1S/C54H96O6/c1-4-7-10-13-16-19-22-24-25-26-27-28-29-30-33-35-38-41-44-47-53(56)59-50-51(49-58-52(55)46-43-40-37-34-31-21-18-15-12-9-6-3)60-54(57)48-45-42-39-36-32-23-20-17-14-11-8-5-2/h15-16,18-19,24-25,27-28,51H,4-14,17,20-23,26,29-50H2,1-3H3/b18-15-,19-16-,25-24-,28-27-. The molecule has 1 unspecified atom stereocenters. The molecule has 6 heteroatoms. The van der Waals surface area contributed by atoms with E-state index in [1.807, 2.05) is 0 Å². The van der Waals surface area contributed by atoms with Crippen molar-refractivity contribution in [1.29, 1.82) is 0 Å². The van der Waals surface area contributed by atoms with E-state index in [4.69, 9.17) is 14.2 Å². The Morgan fingerprint density at radius 1 is 0.333 bits per heavy atom. The maximum absolute atomic E-state index is 12.8. The van der Waals surface area contributed by atoms with E-state index in [0.29, 0.717) is 19.3 Å². The number of carbonyl (C=O) groups excluding carboxylic acids is 3. The Morgan fingerprint density at radius 2 is 0.617 bits per heavy atom. The number of esters is 3. The molecule has 0 saturated heterocycles. The van der Waals surface area contributed by atoms with E-state index in [9.17, 15) is 14.4 Å². The van der Waals surface area contributed by atoms with Gasteiger partial charge in [0.05, 0.1) is 0 Å². The number of allylic oxidation sites excluding steroid dienone is 8. The highest BCUT2D eigenvalue weighted by Crippen LogP contribution is 2.15. The zero-order valence-electron chi connectivity index (χ0n) is 39.7. The van der Waals surface area contributed by atoms with Crippen LogP contribution in [0.15, 0.2) is 48.6 Å². The Bertz CT molecular complexity index is 1060. The zero-order valence-corrected chi connectivity index (χ0v) is 39.7. The first-order valence-electron chi connectivity index (χ1n) is 25.6. The van der Waals surface area contributed by atoms with Crippen LogP contribution in [-0.4, -0.2) is 37.2 Å². The quantitative estimate of drug-likeness (QED) is 0.0263.